The van der Waals surface area contributed by atoms with E-state index in [4.69, 9.17) is 5.11 Å². The number of carboxylic acid groups (broad SMARTS) is 1. The standard InChI is InChI=1S/C18H13F3N2O3S/c1-10-2-4-11(5-3-10)16(26)22-17-23(9-15(24)25)13-7-6-12(18(19,20)21)8-14(13)27-17/h2-8H,9H2,1H3,(H,24,25)/b22-17-. The molecule has 0 radical (unpaired) electrons. The first-order valence-electron chi connectivity index (χ1n) is 7.73. The number of nitrogens with zero attached hydrogens (tertiary/aromatic N) is 2. The lowest BCUT2D eigenvalue weighted by Gasteiger charge is -2.06. The number of rotatable bonds is 3. The Morgan fingerprint density at radius 2 is 1.81 bits per heavy atom. The summed E-state index contributed by atoms with van der Waals surface area (Å²) in [5.74, 6) is -1.80. The number of carbonyl (C=O) groups is 2. The van der Waals surface area contributed by atoms with Crippen molar-refractivity contribution in [3.8, 4) is 0 Å². The Morgan fingerprint density at radius 3 is 2.41 bits per heavy atom. The minimum Gasteiger partial charge on any atom is -0.480 e. The van der Waals surface area contributed by atoms with E-state index in [1.807, 2.05) is 6.92 Å². The predicted molar refractivity (Wildman–Crippen MR) is 93.5 cm³/mol. The molecule has 9 heteroatoms. The Bertz CT molecular complexity index is 1100. The van der Waals surface area contributed by atoms with E-state index in [1.54, 1.807) is 24.3 Å². The Kier molecular flexibility index (Phi) is 4.88. The Balaban J connectivity index is 2.16. The highest BCUT2D eigenvalue weighted by atomic mass is 32.1. The zero-order chi connectivity index (χ0) is 19.8. The van der Waals surface area contributed by atoms with Crippen LogP contribution in [-0.2, 0) is 17.5 Å². The third-order valence-electron chi connectivity index (χ3n) is 3.80. The fraction of sp³-hybridized carbons (Fsp3) is 0.167. The maximum Gasteiger partial charge on any atom is 0.416 e. The van der Waals surface area contributed by atoms with Crippen molar-refractivity contribution < 1.29 is 27.9 Å². The zero-order valence-electron chi connectivity index (χ0n) is 13.9. The molecular formula is C18H13F3N2O3S. The van der Waals surface area contributed by atoms with Crippen molar-refractivity contribution in [2.45, 2.75) is 19.6 Å². The average Bonchev–Trinajstić information content (AvgIpc) is 2.90. The second-order valence-corrected chi connectivity index (χ2v) is 6.84. The first kappa shape index (κ1) is 18.8. The molecule has 3 rings (SSSR count). The molecule has 0 unspecified atom stereocenters. The molecule has 27 heavy (non-hydrogen) atoms. The molecule has 0 aliphatic carbocycles. The SMILES string of the molecule is Cc1ccc(C(=O)/N=c2\sc3cc(C(F)(F)F)ccc3n2CC(=O)O)cc1. The second-order valence-electron chi connectivity index (χ2n) is 5.83. The van der Waals surface area contributed by atoms with Crippen LogP contribution in [0.1, 0.15) is 21.5 Å². The minimum absolute atomic E-state index is 0.0253. The number of carboxylic acids is 1. The van der Waals surface area contributed by atoms with Gasteiger partial charge < -0.3 is 9.67 Å². The summed E-state index contributed by atoms with van der Waals surface area (Å²) < 4.78 is 40.2. The summed E-state index contributed by atoms with van der Waals surface area (Å²) in [7, 11) is 0. The number of benzene rings is 2. The zero-order valence-corrected chi connectivity index (χ0v) is 14.8. The summed E-state index contributed by atoms with van der Waals surface area (Å²) in [5.41, 5.74) is 0.672. The molecule has 0 saturated heterocycles. The van der Waals surface area contributed by atoms with Crippen molar-refractivity contribution in [3.63, 3.8) is 0 Å². The molecule has 1 amide bonds. The molecule has 2 aromatic carbocycles. The number of carbonyl (C=O) groups excluding carboxylic acids is 1. The number of aryl methyl sites for hydroxylation is 1. The number of fused-ring (bicyclic) bond motifs is 1. The third-order valence-corrected chi connectivity index (χ3v) is 4.84. The van der Waals surface area contributed by atoms with Gasteiger partial charge in [0.2, 0.25) is 0 Å². The number of aliphatic carboxylic acids is 1. The number of amides is 1. The normalized spacial score (nSPS) is 12.5. The van der Waals surface area contributed by atoms with Crippen molar-refractivity contribution in [2.24, 2.45) is 4.99 Å². The van der Waals surface area contributed by atoms with Crippen LogP contribution in [0.4, 0.5) is 13.2 Å². The van der Waals surface area contributed by atoms with Crippen LogP contribution in [0.5, 0.6) is 0 Å². The van der Waals surface area contributed by atoms with Crippen LogP contribution < -0.4 is 4.80 Å². The van der Waals surface area contributed by atoms with E-state index in [2.05, 4.69) is 4.99 Å². The van der Waals surface area contributed by atoms with E-state index in [0.29, 0.717) is 5.56 Å². The molecule has 1 N–H and O–H groups in total. The van der Waals surface area contributed by atoms with E-state index in [0.717, 1.165) is 29.0 Å². The van der Waals surface area contributed by atoms with Crippen LogP contribution in [0.25, 0.3) is 10.2 Å². The molecule has 0 fully saturated rings. The minimum atomic E-state index is -4.52. The molecule has 0 aliphatic heterocycles. The number of alkyl halides is 3. The largest absolute Gasteiger partial charge is 0.480 e. The highest BCUT2D eigenvalue weighted by molar-refractivity contribution is 7.16. The number of hydrogen-bond donors (Lipinski definition) is 1. The van der Waals surface area contributed by atoms with Crippen LogP contribution in [0, 0.1) is 6.92 Å². The summed E-state index contributed by atoms with van der Waals surface area (Å²) in [6.07, 6.45) is -4.52. The maximum atomic E-state index is 12.9. The fourth-order valence-corrected chi connectivity index (χ4v) is 3.54. The van der Waals surface area contributed by atoms with E-state index in [9.17, 15) is 22.8 Å². The summed E-state index contributed by atoms with van der Waals surface area (Å²) in [4.78, 5) is 27.5. The second kappa shape index (κ2) is 6.99. The van der Waals surface area contributed by atoms with Crippen LogP contribution in [0.2, 0.25) is 0 Å². The lowest BCUT2D eigenvalue weighted by atomic mass is 10.1. The summed E-state index contributed by atoms with van der Waals surface area (Å²) in [6.45, 7) is 1.34. The van der Waals surface area contributed by atoms with Crippen LogP contribution in [0.3, 0.4) is 0 Å². The van der Waals surface area contributed by atoms with E-state index in [1.165, 1.54) is 10.6 Å². The molecule has 3 aromatic rings. The van der Waals surface area contributed by atoms with E-state index >= 15 is 0 Å². The number of hydrogen-bond acceptors (Lipinski definition) is 3. The van der Waals surface area contributed by atoms with Gasteiger partial charge in [0.05, 0.1) is 15.8 Å². The first-order chi connectivity index (χ1) is 12.6. The summed E-state index contributed by atoms with van der Waals surface area (Å²) in [6, 6.07) is 9.61. The highest BCUT2D eigenvalue weighted by Crippen LogP contribution is 2.32. The smallest absolute Gasteiger partial charge is 0.416 e. The van der Waals surface area contributed by atoms with Gasteiger partial charge in [-0.3, -0.25) is 9.59 Å². The van der Waals surface area contributed by atoms with Gasteiger partial charge in [0.1, 0.15) is 6.54 Å². The fourth-order valence-electron chi connectivity index (χ4n) is 2.47. The van der Waals surface area contributed by atoms with Gasteiger partial charge in [0.15, 0.2) is 4.80 Å². The van der Waals surface area contributed by atoms with Gasteiger partial charge in [0, 0.05) is 5.56 Å². The molecule has 0 atom stereocenters. The molecule has 5 nitrogen and oxygen atoms in total. The number of halogens is 3. The van der Waals surface area contributed by atoms with Crippen molar-refractivity contribution in [1.29, 1.82) is 0 Å². The van der Waals surface area contributed by atoms with Crippen molar-refractivity contribution >= 4 is 33.4 Å². The molecule has 0 aliphatic rings. The topological polar surface area (TPSA) is 71.7 Å². The van der Waals surface area contributed by atoms with Gasteiger partial charge in [-0.1, -0.05) is 29.0 Å². The van der Waals surface area contributed by atoms with Crippen molar-refractivity contribution in [3.05, 3.63) is 64.0 Å². The lowest BCUT2D eigenvalue weighted by Crippen LogP contribution is -2.21. The highest BCUT2D eigenvalue weighted by Gasteiger charge is 2.31. The van der Waals surface area contributed by atoms with Gasteiger partial charge in [0.25, 0.3) is 5.91 Å². The number of thiazole rings is 1. The summed E-state index contributed by atoms with van der Waals surface area (Å²) in [5, 5.41) is 9.11. The van der Waals surface area contributed by atoms with Crippen LogP contribution in [-0.4, -0.2) is 21.6 Å². The maximum absolute atomic E-state index is 12.9. The molecule has 1 aromatic heterocycles. The van der Waals surface area contributed by atoms with Gasteiger partial charge in [-0.05, 0) is 37.3 Å². The lowest BCUT2D eigenvalue weighted by molar-refractivity contribution is -0.138. The van der Waals surface area contributed by atoms with E-state index in [-0.39, 0.29) is 15.0 Å². The molecule has 0 saturated carbocycles. The monoisotopic (exact) mass is 394 g/mol. The molecule has 1 heterocycles. The first-order valence-corrected chi connectivity index (χ1v) is 8.55. The molecule has 0 bridgehead atoms. The van der Waals surface area contributed by atoms with E-state index < -0.39 is 30.2 Å². The Morgan fingerprint density at radius 1 is 1.15 bits per heavy atom. The Labute approximate surface area is 155 Å². The quantitative estimate of drug-likeness (QED) is 0.733. The predicted octanol–water partition coefficient (Wildman–Crippen LogP) is 3.86. The summed E-state index contributed by atoms with van der Waals surface area (Å²) >= 11 is 0.834. The van der Waals surface area contributed by atoms with Crippen molar-refractivity contribution in [1.82, 2.24) is 4.57 Å². The third kappa shape index (κ3) is 4.08. The van der Waals surface area contributed by atoms with Gasteiger partial charge in [-0.25, -0.2) is 0 Å². The van der Waals surface area contributed by atoms with Crippen LogP contribution >= 0.6 is 11.3 Å². The molecular weight excluding hydrogens is 381 g/mol. The van der Waals surface area contributed by atoms with Gasteiger partial charge in [-0.2, -0.15) is 18.2 Å². The van der Waals surface area contributed by atoms with Gasteiger partial charge >= 0.3 is 12.1 Å². The molecule has 140 valence electrons. The molecule has 0 spiro atoms. The van der Waals surface area contributed by atoms with Crippen LogP contribution in [0.15, 0.2) is 47.5 Å². The average molecular weight is 394 g/mol. The van der Waals surface area contributed by atoms with Crippen molar-refractivity contribution in [2.75, 3.05) is 0 Å². The Hall–Kier alpha value is -2.94. The number of aromatic nitrogens is 1. The van der Waals surface area contributed by atoms with Gasteiger partial charge in [-0.15, -0.1) is 0 Å².